The minimum Gasteiger partial charge on any atom is -0.0929 e. The molecule has 0 saturated heterocycles. The zero-order valence-electron chi connectivity index (χ0n) is 14.8. The zero-order valence-corrected chi connectivity index (χ0v) is 17.0. The Morgan fingerprint density at radius 3 is 0.926 bits per heavy atom. The number of halogens is 3. The lowest BCUT2D eigenvalue weighted by atomic mass is 10.1. The van der Waals surface area contributed by atoms with Gasteiger partial charge >= 0.3 is 0 Å². The van der Waals surface area contributed by atoms with Crippen LogP contribution >= 0.6 is 34.8 Å². The van der Waals surface area contributed by atoms with Gasteiger partial charge < -0.3 is 0 Å². The second kappa shape index (κ2) is 16.0. The fourth-order valence-electron chi connectivity index (χ4n) is 1.96. The first-order valence-electron chi connectivity index (χ1n) is 8.25. The van der Waals surface area contributed by atoms with Crippen LogP contribution in [-0.2, 0) is 0 Å². The SMILES string of the molecule is C(=C\c1ccccc1)/c1ccccc1.Cl/C=C/Cl.Cl/C=C/c1ccccc1. The molecular formula is C24H21Cl3. The van der Waals surface area contributed by atoms with E-state index in [1.807, 2.05) is 72.8 Å². The molecule has 0 amide bonds. The van der Waals surface area contributed by atoms with Gasteiger partial charge in [0, 0.05) is 16.6 Å². The Balaban J connectivity index is 0.000000241. The Hall–Kier alpha value is -2.25. The first-order valence-corrected chi connectivity index (χ1v) is 9.56. The van der Waals surface area contributed by atoms with Gasteiger partial charge in [-0.2, -0.15) is 0 Å². The van der Waals surface area contributed by atoms with Crippen molar-refractivity contribution in [3.05, 3.63) is 124 Å². The summed E-state index contributed by atoms with van der Waals surface area (Å²) in [5.41, 5.74) is 7.58. The highest BCUT2D eigenvalue weighted by Gasteiger charge is 1.84. The molecule has 3 rings (SSSR count). The van der Waals surface area contributed by atoms with Crippen LogP contribution in [0.4, 0.5) is 0 Å². The summed E-state index contributed by atoms with van der Waals surface area (Å²) >= 11 is 15.1. The highest BCUT2D eigenvalue weighted by atomic mass is 35.5. The average Bonchev–Trinajstić information content (AvgIpc) is 2.75. The molecule has 0 saturated carbocycles. The Labute approximate surface area is 177 Å². The van der Waals surface area contributed by atoms with Gasteiger partial charge in [-0.05, 0) is 22.8 Å². The van der Waals surface area contributed by atoms with Crippen LogP contribution in [0, 0.1) is 0 Å². The normalized spacial score (nSPS) is 10.3. The topological polar surface area (TPSA) is 0 Å². The molecule has 138 valence electrons. The highest BCUT2D eigenvalue weighted by molar-refractivity contribution is 6.33. The van der Waals surface area contributed by atoms with E-state index in [0.29, 0.717) is 0 Å². The Morgan fingerprint density at radius 2 is 0.667 bits per heavy atom. The van der Waals surface area contributed by atoms with Crippen molar-refractivity contribution in [3.8, 4) is 0 Å². The average molecular weight is 416 g/mol. The van der Waals surface area contributed by atoms with Gasteiger partial charge in [0.15, 0.2) is 0 Å². The predicted molar refractivity (Wildman–Crippen MR) is 124 cm³/mol. The number of hydrogen-bond donors (Lipinski definition) is 0. The Bertz CT molecular complexity index is 747. The molecule has 0 aliphatic carbocycles. The third kappa shape index (κ3) is 11.9. The van der Waals surface area contributed by atoms with Gasteiger partial charge in [0.1, 0.15) is 0 Å². The first kappa shape index (κ1) is 22.8. The maximum Gasteiger partial charge on any atom is 0.0156 e. The van der Waals surface area contributed by atoms with Crippen molar-refractivity contribution in [2.45, 2.75) is 0 Å². The molecule has 0 heterocycles. The van der Waals surface area contributed by atoms with E-state index >= 15 is 0 Å². The molecule has 0 bridgehead atoms. The second-order valence-corrected chi connectivity index (χ2v) is 5.87. The molecule has 0 N–H and O–H groups in total. The third-order valence-electron chi connectivity index (χ3n) is 3.17. The third-order valence-corrected chi connectivity index (χ3v) is 3.68. The molecule has 0 aliphatic rings. The second-order valence-electron chi connectivity index (χ2n) is 5.11. The quantitative estimate of drug-likeness (QED) is 0.375. The van der Waals surface area contributed by atoms with E-state index in [9.17, 15) is 0 Å². The molecule has 0 spiro atoms. The molecule has 0 nitrogen and oxygen atoms in total. The zero-order chi connectivity index (χ0) is 19.6. The van der Waals surface area contributed by atoms with E-state index in [-0.39, 0.29) is 0 Å². The summed E-state index contributed by atoms with van der Waals surface area (Å²) in [6.07, 6.45) is 6.09. The fourth-order valence-corrected chi connectivity index (χ4v) is 2.10. The molecular weight excluding hydrogens is 395 g/mol. The lowest BCUT2D eigenvalue weighted by molar-refractivity contribution is 1.65. The Morgan fingerprint density at radius 1 is 0.370 bits per heavy atom. The van der Waals surface area contributed by atoms with Crippen LogP contribution in [0.2, 0.25) is 0 Å². The van der Waals surface area contributed by atoms with E-state index < -0.39 is 0 Å². The summed E-state index contributed by atoms with van der Waals surface area (Å²) in [6, 6.07) is 30.6. The van der Waals surface area contributed by atoms with E-state index in [1.165, 1.54) is 27.7 Å². The lowest BCUT2D eigenvalue weighted by Crippen LogP contribution is -1.70. The van der Waals surface area contributed by atoms with Gasteiger partial charge in [0.05, 0.1) is 0 Å². The van der Waals surface area contributed by atoms with Crippen LogP contribution in [0.3, 0.4) is 0 Å². The van der Waals surface area contributed by atoms with Crippen molar-refractivity contribution in [2.24, 2.45) is 0 Å². The summed E-state index contributed by atoms with van der Waals surface area (Å²) in [5.74, 6) is 0. The van der Waals surface area contributed by atoms with Crippen molar-refractivity contribution in [1.82, 2.24) is 0 Å². The van der Waals surface area contributed by atoms with E-state index in [4.69, 9.17) is 34.8 Å². The minimum absolute atomic E-state index is 1.13. The van der Waals surface area contributed by atoms with Crippen LogP contribution < -0.4 is 0 Å². The summed E-state index contributed by atoms with van der Waals surface area (Å²) in [5, 5.41) is 0. The molecule has 0 radical (unpaired) electrons. The van der Waals surface area contributed by atoms with Crippen molar-refractivity contribution in [2.75, 3.05) is 0 Å². The first-order chi connectivity index (χ1) is 13.3. The molecule has 0 atom stereocenters. The predicted octanol–water partition coefficient (Wildman–Crippen LogP) is 8.69. The molecule has 0 aromatic heterocycles. The van der Waals surface area contributed by atoms with Gasteiger partial charge in [0.25, 0.3) is 0 Å². The van der Waals surface area contributed by atoms with Crippen LogP contribution in [0.15, 0.2) is 108 Å². The lowest BCUT2D eigenvalue weighted by Gasteiger charge is -1.92. The highest BCUT2D eigenvalue weighted by Crippen LogP contribution is 2.07. The minimum atomic E-state index is 1.13. The van der Waals surface area contributed by atoms with Gasteiger partial charge in [-0.15, -0.1) is 0 Å². The smallest absolute Gasteiger partial charge is 0.0156 e. The van der Waals surface area contributed by atoms with Crippen molar-refractivity contribution < 1.29 is 0 Å². The number of hydrogen-bond acceptors (Lipinski definition) is 0. The molecule has 0 aliphatic heterocycles. The monoisotopic (exact) mass is 414 g/mol. The standard InChI is InChI=1S/C14H12.C8H7Cl.C2H2Cl2/c1-3-7-13(8-4-1)11-12-14-9-5-2-6-10-14;9-7-6-8-4-2-1-3-5-8;3-1-2-4/h1-12H;1-7H;1-2H/b12-11+;7-6+;2-1+. The van der Waals surface area contributed by atoms with Crippen molar-refractivity contribution in [1.29, 1.82) is 0 Å². The van der Waals surface area contributed by atoms with E-state index in [1.54, 1.807) is 0 Å². The fraction of sp³-hybridized carbons (Fsp3) is 0. The van der Waals surface area contributed by atoms with Crippen LogP contribution in [0.25, 0.3) is 18.2 Å². The largest absolute Gasteiger partial charge is 0.0929 e. The van der Waals surface area contributed by atoms with Crippen LogP contribution in [0.5, 0.6) is 0 Å². The van der Waals surface area contributed by atoms with Gasteiger partial charge in [-0.25, -0.2) is 0 Å². The van der Waals surface area contributed by atoms with Crippen molar-refractivity contribution in [3.63, 3.8) is 0 Å². The van der Waals surface area contributed by atoms with Gasteiger partial charge in [0.2, 0.25) is 0 Å². The molecule has 27 heavy (non-hydrogen) atoms. The van der Waals surface area contributed by atoms with Crippen LogP contribution in [0.1, 0.15) is 16.7 Å². The Kier molecular flexibility index (Phi) is 13.5. The van der Waals surface area contributed by atoms with E-state index in [0.717, 1.165) is 5.56 Å². The molecule has 3 aromatic carbocycles. The van der Waals surface area contributed by atoms with Gasteiger partial charge in [-0.3, -0.25) is 0 Å². The maximum absolute atomic E-state index is 5.36. The summed E-state index contributed by atoms with van der Waals surface area (Å²) in [6.45, 7) is 0. The van der Waals surface area contributed by atoms with Crippen molar-refractivity contribution >= 4 is 53.0 Å². The summed E-state index contributed by atoms with van der Waals surface area (Å²) < 4.78 is 0. The number of rotatable bonds is 3. The summed E-state index contributed by atoms with van der Waals surface area (Å²) in [4.78, 5) is 0. The molecule has 3 heteroatoms. The van der Waals surface area contributed by atoms with E-state index in [2.05, 4.69) is 36.4 Å². The molecule has 3 aromatic rings. The molecule has 0 unspecified atom stereocenters. The number of benzene rings is 3. The summed E-state index contributed by atoms with van der Waals surface area (Å²) in [7, 11) is 0. The van der Waals surface area contributed by atoms with Crippen LogP contribution in [-0.4, -0.2) is 0 Å². The van der Waals surface area contributed by atoms with Gasteiger partial charge in [-0.1, -0.05) is 138 Å². The molecule has 0 fully saturated rings. The maximum atomic E-state index is 5.36.